The fourth-order valence-electron chi connectivity index (χ4n) is 2.18. The van der Waals surface area contributed by atoms with Crippen LogP contribution >= 0.6 is 11.6 Å². The van der Waals surface area contributed by atoms with Crippen LogP contribution in [0.5, 0.6) is 0 Å². The molecular weight excluding hydrogens is 273 g/mol. The van der Waals surface area contributed by atoms with Gasteiger partial charge < -0.3 is 5.32 Å². The maximum Gasteiger partial charge on any atom is 0.123 e. The van der Waals surface area contributed by atoms with E-state index in [2.05, 4.69) is 12.2 Å². The maximum absolute atomic E-state index is 13.4. The van der Waals surface area contributed by atoms with Gasteiger partial charge in [0.2, 0.25) is 0 Å². The second-order valence-electron chi connectivity index (χ2n) is 4.94. The van der Waals surface area contributed by atoms with Crippen molar-refractivity contribution in [2.45, 2.75) is 26.8 Å². The Morgan fingerprint density at radius 1 is 1.15 bits per heavy atom. The van der Waals surface area contributed by atoms with E-state index in [1.54, 1.807) is 12.1 Å². The van der Waals surface area contributed by atoms with Crippen LogP contribution in [0.15, 0.2) is 36.4 Å². The minimum absolute atomic E-state index is 0.216. The van der Waals surface area contributed by atoms with Crippen molar-refractivity contribution in [3.8, 4) is 11.1 Å². The molecule has 0 amide bonds. The van der Waals surface area contributed by atoms with E-state index in [-0.39, 0.29) is 5.82 Å². The van der Waals surface area contributed by atoms with E-state index in [1.165, 1.54) is 6.07 Å². The van der Waals surface area contributed by atoms with Gasteiger partial charge in [0.05, 0.1) is 0 Å². The Kier molecular flexibility index (Phi) is 5.16. The molecule has 1 N–H and O–H groups in total. The van der Waals surface area contributed by atoms with Gasteiger partial charge in [0.25, 0.3) is 0 Å². The molecule has 0 unspecified atom stereocenters. The van der Waals surface area contributed by atoms with Crippen LogP contribution in [0.1, 0.15) is 24.5 Å². The van der Waals surface area contributed by atoms with E-state index < -0.39 is 0 Å². The van der Waals surface area contributed by atoms with Crippen LogP contribution in [0.2, 0.25) is 5.02 Å². The van der Waals surface area contributed by atoms with Gasteiger partial charge >= 0.3 is 0 Å². The molecule has 2 aromatic rings. The quantitative estimate of drug-likeness (QED) is 0.768. The zero-order valence-electron chi connectivity index (χ0n) is 11.8. The molecule has 20 heavy (non-hydrogen) atoms. The topological polar surface area (TPSA) is 12.0 Å². The first-order chi connectivity index (χ1) is 9.61. The first kappa shape index (κ1) is 15.0. The van der Waals surface area contributed by atoms with Gasteiger partial charge in [0.1, 0.15) is 5.82 Å². The highest BCUT2D eigenvalue weighted by Crippen LogP contribution is 2.28. The van der Waals surface area contributed by atoms with E-state index in [0.717, 1.165) is 46.8 Å². The third kappa shape index (κ3) is 3.59. The molecule has 106 valence electrons. The molecule has 0 atom stereocenters. The summed E-state index contributed by atoms with van der Waals surface area (Å²) in [5.74, 6) is -0.216. The molecule has 0 saturated carbocycles. The highest BCUT2D eigenvalue weighted by molar-refractivity contribution is 6.31. The molecule has 0 aliphatic heterocycles. The van der Waals surface area contributed by atoms with Crippen molar-refractivity contribution >= 4 is 11.6 Å². The van der Waals surface area contributed by atoms with Crippen LogP contribution in [0, 0.1) is 12.7 Å². The number of benzene rings is 2. The third-order valence-corrected chi connectivity index (χ3v) is 3.67. The molecule has 0 aliphatic carbocycles. The van der Waals surface area contributed by atoms with E-state index in [1.807, 2.05) is 25.1 Å². The smallest absolute Gasteiger partial charge is 0.123 e. The molecule has 0 spiro atoms. The number of aryl methyl sites for hydroxylation is 1. The van der Waals surface area contributed by atoms with Crippen molar-refractivity contribution in [1.29, 1.82) is 0 Å². The second-order valence-corrected chi connectivity index (χ2v) is 5.35. The summed E-state index contributed by atoms with van der Waals surface area (Å²) >= 11 is 6.22. The largest absolute Gasteiger partial charge is 0.313 e. The Morgan fingerprint density at radius 3 is 2.70 bits per heavy atom. The Balaban J connectivity index is 2.33. The average Bonchev–Trinajstić information content (AvgIpc) is 2.44. The molecular formula is C17H19ClFN. The van der Waals surface area contributed by atoms with E-state index in [0.29, 0.717) is 0 Å². The van der Waals surface area contributed by atoms with Gasteiger partial charge in [-0.15, -0.1) is 0 Å². The molecule has 0 fully saturated rings. The fourth-order valence-corrected chi connectivity index (χ4v) is 2.37. The van der Waals surface area contributed by atoms with Crippen molar-refractivity contribution in [2.24, 2.45) is 0 Å². The van der Waals surface area contributed by atoms with Crippen LogP contribution < -0.4 is 5.32 Å². The summed E-state index contributed by atoms with van der Waals surface area (Å²) in [6, 6.07) is 10.7. The zero-order chi connectivity index (χ0) is 14.5. The third-order valence-electron chi connectivity index (χ3n) is 3.30. The molecule has 2 aromatic carbocycles. The van der Waals surface area contributed by atoms with Crippen LogP contribution in [-0.2, 0) is 6.54 Å². The van der Waals surface area contributed by atoms with Crippen LogP contribution in [0.4, 0.5) is 4.39 Å². The Labute approximate surface area is 124 Å². The number of hydrogen-bond donors (Lipinski definition) is 1. The van der Waals surface area contributed by atoms with Gasteiger partial charge in [-0.2, -0.15) is 0 Å². The van der Waals surface area contributed by atoms with Crippen LogP contribution in [0.25, 0.3) is 11.1 Å². The standard InChI is InChI=1S/C17H19ClFN/c1-3-8-20-11-14-9-13(5-7-17(14)18)16-10-15(19)6-4-12(16)2/h4-7,9-10,20H,3,8,11H2,1-2H3. The lowest BCUT2D eigenvalue weighted by Gasteiger charge is -2.11. The lowest BCUT2D eigenvalue weighted by molar-refractivity contribution is 0.628. The monoisotopic (exact) mass is 291 g/mol. The number of nitrogens with one attached hydrogen (secondary N) is 1. The summed E-state index contributed by atoms with van der Waals surface area (Å²) < 4.78 is 13.4. The first-order valence-corrected chi connectivity index (χ1v) is 7.25. The fraction of sp³-hybridized carbons (Fsp3) is 0.294. The van der Waals surface area contributed by atoms with Crippen molar-refractivity contribution in [3.63, 3.8) is 0 Å². The lowest BCUT2D eigenvalue weighted by atomic mass is 9.98. The van der Waals surface area contributed by atoms with Gasteiger partial charge in [-0.1, -0.05) is 30.7 Å². The zero-order valence-corrected chi connectivity index (χ0v) is 12.6. The van der Waals surface area contributed by atoms with E-state index in [9.17, 15) is 4.39 Å². The lowest BCUT2D eigenvalue weighted by Crippen LogP contribution is -2.14. The summed E-state index contributed by atoms with van der Waals surface area (Å²) in [6.45, 7) is 5.80. The van der Waals surface area contributed by atoms with Crippen molar-refractivity contribution < 1.29 is 4.39 Å². The normalized spacial score (nSPS) is 10.8. The first-order valence-electron chi connectivity index (χ1n) is 6.87. The number of rotatable bonds is 5. The van der Waals surface area contributed by atoms with Gasteiger partial charge in [0.15, 0.2) is 0 Å². The summed E-state index contributed by atoms with van der Waals surface area (Å²) in [4.78, 5) is 0. The van der Waals surface area contributed by atoms with Gasteiger partial charge in [-0.05, 0) is 66.4 Å². The minimum atomic E-state index is -0.216. The molecule has 0 bridgehead atoms. The molecule has 0 aliphatic rings. The Bertz CT molecular complexity index is 596. The number of hydrogen-bond acceptors (Lipinski definition) is 1. The van der Waals surface area contributed by atoms with Crippen molar-refractivity contribution in [2.75, 3.05) is 6.54 Å². The Morgan fingerprint density at radius 2 is 1.95 bits per heavy atom. The second kappa shape index (κ2) is 6.87. The van der Waals surface area contributed by atoms with Gasteiger partial charge in [0, 0.05) is 11.6 Å². The summed E-state index contributed by atoms with van der Waals surface area (Å²) in [7, 11) is 0. The van der Waals surface area contributed by atoms with Gasteiger partial charge in [-0.3, -0.25) is 0 Å². The molecule has 2 rings (SSSR count). The molecule has 3 heteroatoms. The predicted molar refractivity (Wildman–Crippen MR) is 83.6 cm³/mol. The minimum Gasteiger partial charge on any atom is -0.313 e. The van der Waals surface area contributed by atoms with Gasteiger partial charge in [-0.25, -0.2) is 4.39 Å². The SMILES string of the molecule is CCCNCc1cc(-c2cc(F)ccc2C)ccc1Cl. The summed E-state index contributed by atoms with van der Waals surface area (Å²) in [6.07, 6.45) is 1.08. The summed E-state index contributed by atoms with van der Waals surface area (Å²) in [5.41, 5.74) is 4.01. The average molecular weight is 292 g/mol. The number of halogens is 2. The summed E-state index contributed by atoms with van der Waals surface area (Å²) in [5, 5.41) is 4.08. The highest BCUT2D eigenvalue weighted by Gasteiger charge is 2.07. The highest BCUT2D eigenvalue weighted by atomic mass is 35.5. The van der Waals surface area contributed by atoms with Crippen molar-refractivity contribution in [3.05, 3.63) is 58.4 Å². The van der Waals surface area contributed by atoms with Crippen LogP contribution in [0.3, 0.4) is 0 Å². The molecule has 0 saturated heterocycles. The van der Waals surface area contributed by atoms with E-state index in [4.69, 9.17) is 11.6 Å². The van der Waals surface area contributed by atoms with E-state index >= 15 is 0 Å². The van der Waals surface area contributed by atoms with Crippen molar-refractivity contribution in [1.82, 2.24) is 5.32 Å². The predicted octanol–water partition coefficient (Wildman–Crippen LogP) is 4.95. The molecule has 1 nitrogen and oxygen atoms in total. The molecule has 0 radical (unpaired) electrons. The molecule has 0 heterocycles. The maximum atomic E-state index is 13.4. The van der Waals surface area contributed by atoms with Crippen LogP contribution in [-0.4, -0.2) is 6.54 Å². The Hall–Kier alpha value is -1.38. The molecule has 0 aromatic heterocycles.